The number of aryl methyl sites for hydroxylation is 1. The molecule has 9 heteroatoms. The van der Waals surface area contributed by atoms with Gasteiger partial charge < -0.3 is 5.32 Å². The van der Waals surface area contributed by atoms with Crippen molar-refractivity contribution in [2.24, 2.45) is 0 Å². The van der Waals surface area contributed by atoms with Gasteiger partial charge in [0.1, 0.15) is 6.04 Å². The molecule has 0 bridgehead atoms. The van der Waals surface area contributed by atoms with Crippen LogP contribution >= 0.6 is 0 Å². The van der Waals surface area contributed by atoms with Gasteiger partial charge in [-0.1, -0.05) is 19.4 Å². The second kappa shape index (κ2) is 8.70. The first-order valence-electron chi connectivity index (χ1n) is 10.5. The van der Waals surface area contributed by atoms with Crippen molar-refractivity contribution in [1.29, 1.82) is 0 Å². The molecule has 1 aromatic carbocycles. The third kappa shape index (κ3) is 4.01. The molecule has 3 heterocycles. The predicted molar refractivity (Wildman–Crippen MR) is 113 cm³/mol. The Morgan fingerprint density at radius 2 is 1.91 bits per heavy atom. The Balaban J connectivity index is 1.45. The first-order chi connectivity index (χ1) is 15.4. The summed E-state index contributed by atoms with van der Waals surface area (Å²) in [4.78, 5) is 66.7. The van der Waals surface area contributed by atoms with Gasteiger partial charge in [-0.3, -0.25) is 39.2 Å². The molecule has 9 nitrogen and oxygen atoms in total. The fourth-order valence-corrected chi connectivity index (χ4v) is 3.88. The zero-order valence-electron chi connectivity index (χ0n) is 17.5. The van der Waals surface area contributed by atoms with Crippen LogP contribution in [0, 0.1) is 0 Å². The number of nitrogens with one attached hydrogen (secondary N) is 2. The molecule has 1 aromatic heterocycles. The van der Waals surface area contributed by atoms with Crippen LogP contribution in [0.2, 0.25) is 0 Å². The Bertz CT molecular complexity index is 1130. The molecule has 32 heavy (non-hydrogen) atoms. The quantitative estimate of drug-likeness (QED) is 0.662. The summed E-state index contributed by atoms with van der Waals surface area (Å²) in [5.74, 6) is -2.51. The van der Waals surface area contributed by atoms with Gasteiger partial charge in [-0.05, 0) is 42.7 Å². The van der Waals surface area contributed by atoms with Crippen LogP contribution in [0.1, 0.15) is 68.5 Å². The minimum atomic E-state index is -1.01. The van der Waals surface area contributed by atoms with Crippen molar-refractivity contribution < 1.29 is 24.0 Å². The first-order valence-corrected chi connectivity index (χ1v) is 10.5. The SMILES string of the molecule is CCCc1ccc(C(=O)NCc2ccc3c(c2)C(=O)N(C2CCC(=O)NC2=O)C3=O)cn1. The van der Waals surface area contributed by atoms with Crippen molar-refractivity contribution in [1.82, 2.24) is 20.5 Å². The van der Waals surface area contributed by atoms with E-state index in [0.717, 1.165) is 23.4 Å². The number of fused-ring (bicyclic) bond motifs is 1. The maximum atomic E-state index is 12.9. The van der Waals surface area contributed by atoms with Crippen LogP contribution in [0.15, 0.2) is 36.5 Å². The molecular formula is C23H22N4O5. The smallest absolute Gasteiger partial charge is 0.262 e. The highest BCUT2D eigenvalue weighted by Gasteiger charge is 2.44. The van der Waals surface area contributed by atoms with E-state index in [9.17, 15) is 24.0 Å². The lowest BCUT2D eigenvalue weighted by Crippen LogP contribution is -2.54. The number of nitrogens with zero attached hydrogens (tertiary/aromatic N) is 2. The van der Waals surface area contributed by atoms with Gasteiger partial charge in [0.2, 0.25) is 11.8 Å². The number of piperidine rings is 1. The topological polar surface area (TPSA) is 126 Å². The van der Waals surface area contributed by atoms with E-state index >= 15 is 0 Å². The summed E-state index contributed by atoms with van der Waals surface area (Å²) in [5, 5.41) is 4.95. The number of aromatic nitrogens is 1. The molecule has 2 aliphatic rings. The zero-order chi connectivity index (χ0) is 22.8. The molecule has 1 fully saturated rings. The van der Waals surface area contributed by atoms with Crippen molar-refractivity contribution >= 4 is 29.5 Å². The van der Waals surface area contributed by atoms with E-state index in [4.69, 9.17) is 0 Å². The molecule has 4 rings (SSSR count). The fourth-order valence-electron chi connectivity index (χ4n) is 3.88. The summed E-state index contributed by atoms with van der Waals surface area (Å²) < 4.78 is 0. The summed E-state index contributed by atoms with van der Waals surface area (Å²) in [6, 6.07) is 7.25. The molecule has 0 saturated carbocycles. The zero-order valence-corrected chi connectivity index (χ0v) is 17.5. The van der Waals surface area contributed by atoms with Crippen molar-refractivity contribution in [2.45, 2.75) is 45.2 Å². The van der Waals surface area contributed by atoms with Crippen LogP contribution in [0.5, 0.6) is 0 Å². The molecule has 1 saturated heterocycles. The highest BCUT2D eigenvalue weighted by atomic mass is 16.2. The van der Waals surface area contributed by atoms with E-state index in [0.29, 0.717) is 11.1 Å². The molecule has 164 valence electrons. The van der Waals surface area contributed by atoms with Gasteiger partial charge in [0.15, 0.2) is 0 Å². The van der Waals surface area contributed by atoms with Gasteiger partial charge in [0, 0.05) is 24.9 Å². The average Bonchev–Trinajstić information content (AvgIpc) is 3.03. The molecule has 0 aliphatic carbocycles. The minimum absolute atomic E-state index is 0.0649. The summed E-state index contributed by atoms with van der Waals surface area (Å²) in [6.07, 6.45) is 3.52. The largest absolute Gasteiger partial charge is 0.348 e. The van der Waals surface area contributed by atoms with E-state index in [2.05, 4.69) is 22.5 Å². The number of benzene rings is 1. The van der Waals surface area contributed by atoms with Gasteiger partial charge in [-0.2, -0.15) is 0 Å². The summed E-state index contributed by atoms with van der Waals surface area (Å²) in [5.41, 5.74) is 2.37. The Morgan fingerprint density at radius 1 is 1.12 bits per heavy atom. The van der Waals surface area contributed by atoms with Gasteiger partial charge >= 0.3 is 0 Å². The van der Waals surface area contributed by atoms with Crippen molar-refractivity contribution in [2.75, 3.05) is 0 Å². The van der Waals surface area contributed by atoms with Crippen LogP contribution in [0.4, 0.5) is 0 Å². The molecule has 1 atom stereocenters. The monoisotopic (exact) mass is 434 g/mol. The number of carbonyl (C=O) groups is 5. The maximum absolute atomic E-state index is 12.9. The third-order valence-corrected chi connectivity index (χ3v) is 5.55. The second-order valence-electron chi connectivity index (χ2n) is 7.80. The lowest BCUT2D eigenvalue weighted by Gasteiger charge is -2.27. The number of rotatable bonds is 6. The Hall–Kier alpha value is -3.88. The molecule has 2 aliphatic heterocycles. The highest BCUT2D eigenvalue weighted by Crippen LogP contribution is 2.28. The fraction of sp³-hybridized carbons (Fsp3) is 0.304. The number of amides is 5. The van der Waals surface area contributed by atoms with Gasteiger partial charge in [0.05, 0.1) is 16.7 Å². The number of imide groups is 2. The predicted octanol–water partition coefficient (Wildman–Crippen LogP) is 1.37. The Kier molecular flexibility index (Phi) is 5.81. The number of carbonyl (C=O) groups excluding carboxylic acids is 5. The van der Waals surface area contributed by atoms with Crippen LogP contribution in [-0.4, -0.2) is 45.5 Å². The third-order valence-electron chi connectivity index (χ3n) is 5.55. The molecular weight excluding hydrogens is 412 g/mol. The van der Waals surface area contributed by atoms with E-state index in [1.807, 2.05) is 6.07 Å². The van der Waals surface area contributed by atoms with E-state index in [1.165, 1.54) is 12.3 Å². The number of hydrogen-bond donors (Lipinski definition) is 2. The van der Waals surface area contributed by atoms with Gasteiger partial charge in [-0.25, -0.2) is 0 Å². The average molecular weight is 434 g/mol. The van der Waals surface area contributed by atoms with Crippen molar-refractivity contribution in [3.05, 3.63) is 64.5 Å². The van der Waals surface area contributed by atoms with Crippen molar-refractivity contribution in [3.8, 4) is 0 Å². The lowest BCUT2D eigenvalue weighted by atomic mass is 10.0. The Morgan fingerprint density at radius 3 is 2.59 bits per heavy atom. The van der Waals surface area contributed by atoms with Crippen LogP contribution in [-0.2, 0) is 22.6 Å². The molecule has 5 amide bonds. The van der Waals surface area contributed by atoms with Crippen LogP contribution in [0.3, 0.4) is 0 Å². The lowest BCUT2D eigenvalue weighted by molar-refractivity contribution is -0.136. The number of hydrogen-bond acceptors (Lipinski definition) is 6. The molecule has 2 aromatic rings. The molecule has 0 radical (unpaired) electrons. The standard InChI is InChI=1S/C23H22N4O5/c1-2-3-15-6-5-14(12-24-15)20(29)25-11-13-4-7-16-17(10-13)23(32)27(22(16)31)18-8-9-19(28)26-21(18)30/h4-7,10,12,18H,2-3,8-9,11H2,1H3,(H,25,29)(H,26,28,30). The summed E-state index contributed by atoms with van der Waals surface area (Å²) in [7, 11) is 0. The first kappa shape index (κ1) is 21.4. The molecule has 1 unspecified atom stereocenters. The highest BCUT2D eigenvalue weighted by molar-refractivity contribution is 6.23. The van der Waals surface area contributed by atoms with E-state index in [-0.39, 0.29) is 36.4 Å². The van der Waals surface area contributed by atoms with E-state index < -0.39 is 29.7 Å². The van der Waals surface area contributed by atoms with Crippen molar-refractivity contribution in [3.63, 3.8) is 0 Å². The summed E-state index contributed by atoms with van der Waals surface area (Å²) >= 11 is 0. The number of pyridine rings is 1. The Labute approximate surface area is 184 Å². The summed E-state index contributed by atoms with van der Waals surface area (Å²) in [6.45, 7) is 2.21. The molecule has 0 spiro atoms. The van der Waals surface area contributed by atoms with Crippen LogP contribution in [0.25, 0.3) is 0 Å². The maximum Gasteiger partial charge on any atom is 0.262 e. The second-order valence-corrected chi connectivity index (χ2v) is 7.80. The minimum Gasteiger partial charge on any atom is -0.348 e. The van der Waals surface area contributed by atoms with Gasteiger partial charge in [0.25, 0.3) is 17.7 Å². The van der Waals surface area contributed by atoms with Crippen LogP contribution < -0.4 is 10.6 Å². The van der Waals surface area contributed by atoms with Gasteiger partial charge in [-0.15, -0.1) is 0 Å². The normalized spacial score (nSPS) is 17.9. The molecule has 2 N–H and O–H groups in total. The van der Waals surface area contributed by atoms with E-state index in [1.54, 1.807) is 18.2 Å².